The summed E-state index contributed by atoms with van der Waals surface area (Å²) in [6, 6.07) is 16.3. The van der Waals surface area contributed by atoms with Gasteiger partial charge in [-0.3, -0.25) is 4.99 Å². The van der Waals surface area contributed by atoms with Crippen LogP contribution in [-0.2, 0) is 6.54 Å². The second kappa shape index (κ2) is 7.48. The Kier molecular flexibility index (Phi) is 5.38. The minimum atomic E-state index is 0.616. The zero-order chi connectivity index (χ0) is 15.1. The Hall–Kier alpha value is -2.29. The lowest BCUT2D eigenvalue weighted by Gasteiger charge is -2.20. The van der Waals surface area contributed by atoms with Crippen LogP contribution in [0.5, 0.6) is 0 Å². The lowest BCUT2D eigenvalue weighted by Crippen LogP contribution is -2.21. The molecule has 2 aromatic rings. The maximum atomic E-state index is 5.90. The van der Waals surface area contributed by atoms with E-state index in [0.29, 0.717) is 6.54 Å². The number of hydrogen-bond acceptors (Lipinski definition) is 3. The lowest BCUT2D eigenvalue weighted by molar-refractivity contribution is 0.866. The van der Waals surface area contributed by atoms with Gasteiger partial charge in [-0.15, -0.1) is 0 Å². The number of hydrogen-bond donors (Lipinski definition) is 1. The molecule has 0 spiro atoms. The van der Waals surface area contributed by atoms with Crippen molar-refractivity contribution in [3.05, 3.63) is 59.7 Å². The predicted molar refractivity (Wildman–Crippen MR) is 92.2 cm³/mol. The van der Waals surface area contributed by atoms with Gasteiger partial charge in [0.05, 0.1) is 6.54 Å². The number of para-hydroxylation sites is 1. The lowest BCUT2D eigenvalue weighted by atomic mass is 10.2. The van der Waals surface area contributed by atoms with E-state index in [9.17, 15) is 0 Å². The van der Waals surface area contributed by atoms with Crippen molar-refractivity contribution in [2.45, 2.75) is 20.4 Å². The van der Waals surface area contributed by atoms with E-state index in [4.69, 9.17) is 5.73 Å². The molecule has 0 fully saturated rings. The molecule has 2 rings (SSSR count). The van der Waals surface area contributed by atoms with Crippen molar-refractivity contribution in [3.8, 4) is 0 Å². The Balaban J connectivity index is 2.00. The van der Waals surface area contributed by atoms with Crippen LogP contribution in [0.2, 0.25) is 0 Å². The summed E-state index contributed by atoms with van der Waals surface area (Å²) < 4.78 is 0. The first kappa shape index (κ1) is 15.1. The molecule has 0 aromatic heterocycles. The number of anilines is 2. The average Bonchev–Trinajstić information content (AvgIpc) is 2.52. The highest BCUT2D eigenvalue weighted by Gasteiger charge is 2.00. The summed E-state index contributed by atoms with van der Waals surface area (Å²) in [6.07, 6.45) is 1.90. The molecule has 0 atom stereocenters. The van der Waals surface area contributed by atoms with Gasteiger partial charge in [-0.25, -0.2) is 0 Å². The number of nitrogens with two attached hydrogens (primary N) is 1. The van der Waals surface area contributed by atoms with Crippen LogP contribution in [0.15, 0.2) is 53.5 Å². The van der Waals surface area contributed by atoms with Crippen LogP contribution in [0.3, 0.4) is 0 Å². The molecule has 0 aliphatic rings. The topological polar surface area (TPSA) is 41.6 Å². The molecule has 0 amide bonds. The minimum absolute atomic E-state index is 0.616. The Bertz CT molecular complexity index is 584. The fourth-order valence-electron chi connectivity index (χ4n) is 2.29. The van der Waals surface area contributed by atoms with Crippen LogP contribution in [-0.4, -0.2) is 19.3 Å². The van der Waals surface area contributed by atoms with Crippen LogP contribution in [0.4, 0.5) is 11.4 Å². The summed E-state index contributed by atoms with van der Waals surface area (Å²) in [5, 5.41) is 0. The van der Waals surface area contributed by atoms with Crippen LogP contribution in [0, 0.1) is 0 Å². The Labute approximate surface area is 127 Å². The Morgan fingerprint density at radius 1 is 1.00 bits per heavy atom. The van der Waals surface area contributed by atoms with E-state index in [0.717, 1.165) is 29.9 Å². The summed E-state index contributed by atoms with van der Waals surface area (Å²) in [5.74, 6) is 0. The molecule has 0 unspecified atom stereocenters. The van der Waals surface area contributed by atoms with E-state index in [2.05, 4.69) is 48.0 Å². The fraction of sp³-hybridized carbons (Fsp3) is 0.278. The second-order valence-corrected chi connectivity index (χ2v) is 4.93. The smallest absolute Gasteiger partial charge is 0.0660 e. The first-order chi connectivity index (χ1) is 10.2. The van der Waals surface area contributed by atoms with Crippen molar-refractivity contribution >= 4 is 17.6 Å². The van der Waals surface area contributed by atoms with Gasteiger partial charge >= 0.3 is 0 Å². The summed E-state index contributed by atoms with van der Waals surface area (Å²) in [7, 11) is 0. The van der Waals surface area contributed by atoms with Crippen molar-refractivity contribution in [3.63, 3.8) is 0 Å². The van der Waals surface area contributed by atoms with Gasteiger partial charge in [-0.1, -0.05) is 30.3 Å². The largest absolute Gasteiger partial charge is 0.398 e. The highest BCUT2D eigenvalue weighted by atomic mass is 15.1. The summed E-state index contributed by atoms with van der Waals surface area (Å²) in [6.45, 7) is 7.01. The summed E-state index contributed by atoms with van der Waals surface area (Å²) in [5.41, 5.74) is 10.1. The minimum Gasteiger partial charge on any atom is -0.398 e. The molecule has 2 N–H and O–H groups in total. The third-order valence-corrected chi connectivity index (χ3v) is 3.58. The molecular formula is C18H23N3. The van der Waals surface area contributed by atoms with E-state index >= 15 is 0 Å². The molecule has 0 saturated carbocycles. The highest BCUT2D eigenvalue weighted by Crippen LogP contribution is 2.15. The average molecular weight is 281 g/mol. The molecule has 0 saturated heterocycles. The first-order valence-electron chi connectivity index (χ1n) is 7.42. The van der Waals surface area contributed by atoms with Crippen LogP contribution < -0.4 is 10.6 Å². The van der Waals surface area contributed by atoms with Gasteiger partial charge in [0, 0.05) is 30.7 Å². The first-order valence-corrected chi connectivity index (χ1v) is 7.42. The van der Waals surface area contributed by atoms with Gasteiger partial charge in [-0.05, 0) is 43.2 Å². The number of nitrogen functional groups attached to an aromatic ring is 1. The number of aliphatic imine (C=N–C) groups is 1. The molecule has 0 aliphatic heterocycles. The monoisotopic (exact) mass is 281 g/mol. The Morgan fingerprint density at radius 2 is 1.67 bits per heavy atom. The summed E-state index contributed by atoms with van der Waals surface area (Å²) >= 11 is 0. The van der Waals surface area contributed by atoms with E-state index < -0.39 is 0 Å². The normalized spacial score (nSPS) is 11.0. The van der Waals surface area contributed by atoms with Gasteiger partial charge < -0.3 is 10.6 Å². The number of benzene rings is 2. The molecular weight excluding hydrogens is 258 g/mol. The van der Waals surface area contributed by atoms with Gasteiger partial charge in [0.15, 0.2) is 0 Å². The van der Waals surface area contributed by atoms with E-state index in [1.807, 2.05) is 30.5 Å². The SMILES string of the molecule is CCN(CC)c1ccc(C=NCc2ccccc2N)cc1. The number of nitrogens with zero attached hydrogens (tertiary/aromatic N) is 2. The molecule has 110 valence electrons. The van der Waals surface area contributed by atoms with Crippen molar-refractivity contribution < 1.29 is 0 Å². The van der Waals surface area contributed by atoms with Crippen LogP contribution in [0.25, 0.3) is 0 Å². The van der Waals surface area contributed by atoms with Crippen molar-refractivity contribution in [1.82, 2.24) is 0 Å². The van der Waals surface area contributed by atoms with Gasteiger partial charge in [0.25, 0.3) is 0 Å². The standard InChI is InChI=1S/C18H23N3/c1-3-21(4-2)17-11-9-15(10-12-17)13-20-14-16-7-5-6-8-18(16)19/h5-13H,3-4,14,19H2,1-2H3. The highest BCUT2D eigenvalue weighted by molar-refractivity contribution is 5.80. The van der Waals surface area contributed by atoms with Crippen molar-refractivity contribution in [2.24, 2.45) is 4.99 Å². The van der Waals surface area contributed by atoms with E-state index in [-0.39, 0.29) is 0 Å². The molecule has 3 nitrogen and oxygen atoms in total. The van der Waals surface area contributed by atoms with Crippen LogP contribution in [0.1, 0.15) is 25.0 Å². The quantitative estimate of drug-likeness (QED) is 0.647. The second-order valence-electron chi connectivity index (χ2n) is 4.93. The zero-order valence-corrected chi connectivity index (χ0v) is 12.8. The maximum absolute atomic E-state index is 5.90. The van der Waals surface area contributed by atoms with E-state index in [1.54, 1.807) is 0 Å². The number of rotatable bonds is 6. The third kappa shape index (κ3) is 4.09. The predicted octanol–water partition coefficient (Wildman–Crippen LogP) is 3.73. The Morgan fingerprint density at radius 3 is 2.29 bits per heavy atom. The molecule has 3 heteroatoms. The molecule has 0 radical (unpaired) electrons. The van der Waals surface area contributed by atoms with Gasteiger partial charge in [-0.2, -0.15) is 0 Å². The van der Waals surface area contributed by atoms with Crippen molar-refractivity contribution in [1.29, 1.82) is 0 Å². The van der Waals surface area contributed by atoms with Gasteiger partial charge in [0.1, 0.15) is 0 Å². The molecule has 0 bridgehead atoms. The zero-order valence-electron chi connectivity index (χ0n) is 12.8. The fourth-order valence-corrected chi connectivity index (χ4v) is 2.29. The molecule has 21 heavy (non-hydrogen) atoms. The van der Waals surface area contributed by atoms with Crippen molar-refractivity contribution in [2.75, 3.05) is 23.7 Å². The van der Waals surface area contributed by atoms with Crippen LogP contribution >= 0.6 is 0 Å². The molecule has 0 aliphatic carbocycles. The third-order valence-electron chi connectivity index (χ3n) is 3.58. The van der Waals surface area contributed by atoms with Gasteiger partial charge in [0.2, 0.25) is 0 Å². The molecule has 0 heterocycles. The maximum Gasteiger partial charge on any atom is 0.0660 e. The summed E-state index contributed by atoms with van der Waals surface area (Å²) in [4.78, 5) is 6.79. The van der Waals surface area contributed by atoms with E-state index in [1.165, 1.54) is 5.69 Å². The molecule has 2 aromatic carbocycles.